The van der Waals surface area contributed by atoms with Gasteiger partial charge in [0.15, 0.2) is 0 Å². The number of carbonyl (C=O) groups excluding carboxylic acids is 3. The SMILES string of the molecule is CC(C)(C)c1ncc(C(=O)Nc2cccc(C3(C)NC(=O)NC3=O)c2)s1. The van der Waals surface area contributed by atoms with Crippen molar-refractivity contribution in [1.82, 2.24) is 15.6 Å². The molecule has 3 rings (SSSR count). The molecule has 3 N–H and O–H groups in total. The minimum absolute atomic E-state index is 0.119. The number of anilines is 1. The summed E-state index contributed by atoms with van der Waals surface area (Å²) in [5, 5.41) is 8.53. The quantitative estimate of drug-likeness (QED) is 0.721. The van der Waals surface area contributed by atoms with Gasteiger partial charge in [0.1, 0.15) is 10.4 Å². The Balaban J connectivity index is 1.81. The summed E-state index contributed by atoms with van der Waals surface area (Å²) >= 11 is 1.35. The fourth-order valence-electron chi connectivity index (χ4n) is 2.57. The maximum atomic E-state index is 12.5. The van der Waals surface area contributed by atoms with Crippen LogP contribution >= 0.6 is 11.3 Å². The smallest absolute Gasteiger partial charge is 0.321 e. The zero-order valence-corrected chi connectivity index (χ0v) is 15.8. The molecule has 0 aliphatic carbocycles. The van der Waals surface area contributed by atoms with Crippen molar-refractivity contribution in [2.24, 2.45) is 0 Å². The molecule has 1 aliphatic heterocycles. The molecule has 1 atom stereocenters. The predicted octanol–water partition coefficient (Wildman–Crippen LogP) is 2.75. The number of nitrogens with one attached hydrogen (secondary N) is 3. The Morgan fingerprint density at radius 3 is 2.58 bits per heavy atom. The largest absolute Gasteiger partial charge is 0.322 e. The predicted molar refractivity (Wildman–Crippen MR) is 99.2 cm³/mol. The van der Waals surface area contributed by atoms with Gasteiger partial charge in [0.25, 0.3) is 11.8 Å². The van der Waals surface area contributed by atoms with Gasteiger partial charge in [-0.3, -0.25) is 14.9 Å². The third-order valence-electron chi connectivity index (χ3n) is 4.11. The molecule has 26 heavy (non-hydrogen) atoms. The van der Waals surface area contributed by atoms with Crippen LogP contribution in [-0.4, -0.2) is 22.8 Å². The first-order valence-corrected chi connectivity index (χ1v) is 8.93. The van der Waals surface area contributed by atoms with Gasteiger partial charge in [-0.05, 0) is 24.6 Å². The van der Waals surface area contributed by atoms with Crippen LogP contribution in [0.4, 0.5) is 10.5 Å². The molecule has 8 heteroatoms. The van der Waals surface area contributed by atoms with E-state index in [1.807, 2.05) is 20.8 Å². The van der Waals surface area contributed by atoms with Crippen LogP contribution in [0.2, 0.25) is 0 Å². The Labute approximate surface area is 155 Å². The number of hydrogen-bond donors (Lipinski definition) is 3. The third-order valence-corrected chi connectivity index (χ3v) is 5.54. The van der Waals surface area contributed by atoms with Crippen molar-refractivity contribution < 1.29 is 14.4 Å². The number of hydrogen-bond acceptors (Lipinski definition) is 5. The summed E-state index contributed by atoms with van der Waals surface area (Å²) < 4.78 is 0. The van der Waals surface area contributed by atoms with Gasteiger partial charge in [-0.15, -0.1) is 11.3 Å². The van der Waals surface area contributed by atoms with Gasteiger partial charge in [0.05, 0.1) is 11.2 Å². The van der Waals surface area contributed by atoms with Crippen LogP contribution < -0.4 is 16.0 Å². The van der Waals surface area contributed by atoms with Crippen molar-refractivity contribution in [3.05, 3.63) is 45.9 Å². The number of thiazole rings is 1. The van der Waals surface area contributed by atoms with E-state index < -0.39 is 17.5 Å². The van der Waals surface area contributed by atoms with Gasteiger partial charge in [-0.2, -0.15) is 0 Å². The van der Waals surface area contributed by atoms with Gasteiger partial charge in [-0.1, -0.05) is 32.9 Å². The summed E-state index contributed by atoms with van der Waals surface area (Å²) in [4.78, 5) is 40.8. The number of urea groups is 1. The molecule has 0 spiro atoms. The lowest BCUT2D eigenvalue weighted by molar-refractivity contribution is -0.123. The Morgan fingerprint density at radius 2 is 2.00 bits per heavy atom. The molecule has 2 aromatic rings. The second-order valence-corrected chi connectivity index (χ2v) is 8.38. The van der Waals surface area contributed by atoms with Crippen LogP contribution in [0.3, 0.4) is 0 Å². The average Bonchev–Trinajstić information content (AvgIpc) is 3.13. The Bertz CT molecular complexity index is 900. The van der Waals surface area contributed by atoms with E-state index in [0.29, 0.717) is 16.1 Å². The van der Waals surface area contributed by atoms with Crippen molar-refractivity contribution in [3.63, 3.8) is 0 Å². The molecule has 4 amide bonds. The van der Waals surface area contributed by atoms with Gasteiger partial charge in [0.2, 0.25) is 0 Å². The standard InChI is InChI=1S/C18H20N4O3S/c1-17(2,3)15-19-9-12(26-15)13(23)20-11-7-5-6-10(8-11)18(4)14(24)21-16(25)22-18/h5-9H,1-4H3,(H,20,23)(H2,21,22,24,25). The monoisotopic (exact) mass is 372 g/mol. The van der Waals surface area contributed by atoms with Gasteiger partial charge >= 0.3 is 6.03 Å². The highest BCUT2D eigenvalue weighted by Gasteiger charge is 2.43. The number of aromatic nitrogens is 1. The number of benzene rings is 1. The summed E-state index contributed by atoms with van der Waals surface area (Å²) in [5.74, 6) is -0.691. The minimum Gasteiger partial charge on any atom is -0.321 e. The highest BCUT2D eigenvalue weighted by molar-refractivity contribution is 7.13. The molecule has 1 aromatic carbocycles. The van der Waals surface area contributed by atoms with E-state index in [4.69, 9.17) is 0 Å². The maximum absolute atomic E-state index is 12.5. The second kappa shape index (κ2) is 6.21. The highest BCUT2D eigenvalue weighted by Crippen LogP contribution is 2.29. The molecule has 0 saturated carbocycles. The molecule has 2 heterocycles. The molecule has 1 saturated heterocycles. The summed E-state index contributed by atoms with van der Waals surface area (Å²) in [6.07, 6.45) is 1.57. The molecule has 1 unspecified atom stereocenters. The minimum atomic E-state index is -1.16. The van der Waals surface area contributed by atoms with Gasteiger partial charge in [0, 0.05) is 11.1 Å². The molecule has 0 bridgehead atoms. The highest BCUT2D eigenvalue weighted by atomic mass is 32.1. The Morgan fingerprint density at radius 1 is 1.27 bits per heavy atom. The first-order chi connectivity index (χ1) is 12.1. The third kappa shape index (κ3) is 3.32. The molecular weight excluding hydrogens is 352 g/mol. The first-order valence-electron chi connectivity index (χ1n) is 8.11. The fourth-order valence-corrected chi connectivity index (χ4v) is 3.44. The van der Waals surface area contributed by atoms with E-state index in [1.54, 1.807) is 37.4 Å². The lowest BCUT2D eigenvalue weighted by Gasteiger charge is -2.21. The van der Waals surface area contributed by atoms with Crippen molar-refractivity contribution in [1.29, 1.82) is 0 Å². The molecule has 1 fully saturated rings. The number of nitrogens with zero attached hydrogens (tertiary/aromatic N) is 1. The van der Waals surface area contributed by atoms with Crippen LogP contribution in [0.1, 0.15) is 47.9 Å². The molecule has 1 aliphatic rings. The second-order valence-electron chi connectivity index (χ2n) is 7.35. The number of imide groups is 1. The number of carbonyl (C=O) groups is 3. The van der Waals surface area contributed by atoms with Gasteiger partial charge in [-0.25, -0.2) is 9.78 Å². The van der Waals surface area contributed by atoms with Crippen molar-refractivity contribution in [2.75, 3.05) is 5.32 Å². The molecule has 7 nitrogen and oxygen atoms in total. The van der Waals surface area contributed by atoms with Crippen molar-refractivity contribution in [3.8, 4) is 0 Å². The van der Waals surface area contributed by atoms with E-state index in [-0.39, 0.29) is 11.3 Å². The van der Waals surface area contributed by atoms with E-state index in [2.05, 4.69) is 20.9 Å². The molecule has 1 aromatic heterocycles. The van der Waals surface area contributed by atoms with Gasteiger partial charge < -0.3 is 10.6 Å². The number of amides is 4. The Kier molecular flexibility index (Phi) is 4.31. The zero-order valence-electron chi connectivity index (χ0n) is 15.0. The van der Waals surface area contributed by atoms with Crippen molar-refractivity contribution in [2.45, 2.75) is 38.6 Å². The van der Waals surface area contributed by atoms with Crippen LogP contribution in [0.5, 0.6) is 0 Å². The molecule has 0 radical (unpaired) electrons. The van der Waals surface area contributed by atoms with Crippen LogP contribution in [0, 0.1) is 0 Å². The molecule has 136 valence electrons. The van der Waals surface area contributed by atoms with Crippen LogP contribution in [0.15, 0.2) is 30.5 Å². The van der Waals surface area contributed by atoms with E-state index >= 15 is 0 Å². The lowest BCUT2D eigenvalue weighted by atomic mass is 9.92. The fraction of sp³-hybridized carbons (Fsp3) is 0.333. The normalized spacial score (nSPS) is 19.8. The first kappa shape index (κ1) is 18.1. The number of rotatable bonds is 3. The van der Waals surface area contributed by atoms with Crippen LogP contribution in [0.25, 0.3) is 0 Å². The molecular formula is C18H20N4O3S. The summed E-state index contributed by atoms with van der Waals surface area (Å²) in [6, 6.07) is 6.32. The summed E-state index contributed by atoms with van der Waals surface area (Å²) in [5.41, 5.74) is -0.167. The van der Waals surface area contributed by atoms with Crippen LogP contribution in [-0.2, 0) is 15.7 Å². The van der Waals surface area contributed by atoms with E-state index in [0.717, 1.165) is 5.01 Å². The lowest BCUT2D eigenvalue weighted by Crippen LogP contribution is -2.40. The van der Waals surface area contributed by atoms with Crippen molar-refractivity contribution >= 4 is 34.9 Å². The topological polar surface area (TPSA) is 100 Å². The summed E-state index contributed by atoms with van der Waals surface area (Å²) in [6.45, 7) is 7.74. The summed E-state index contributed by atoms with van der Waals surface area (Å²) in [7, 11) is 0. The Hall–Kier alpha value is -2.74. The average molecular weight is 372 g/mol. The maximum Gasteiger partial charge on any atom is 0.322 e. The zero-order chi connectivity index (χ0) is 19.1. The van der Waals surface area contributed by atoms with E-state index in [1.165, 1.54) is 11.3 Å². The van der Waals surface area contributed by atoms with E-state index in [9.17, 15) is 14.4 Å².